The van der Waals surface area contributed by atoms with E-state index in [0.29, 0.717) is 12.8 Å². The number of aliphatic carboxylic acids is 2. The molecule has 0 N–H and O–H groups in total. The van der Waals surface area contributed by atoms with E-state index in [1.54, 1.807) is 13.8 Å². The van der Waals surface area contributed by atoms with E-state index in [2.05, 4.69) is 0 Å². The molecule has 0 bridgehead atoms. The fourth-order valence-electron chi connectivity index (χ4n) is 1.97. The summed E-state index contributed by atoms with van der Waals surface area (Å²) in [5, 5.41) is 21.5. The SMILES string of the molecule is CC1(C)CCCC(C(=O)[O-])=C1C(=O)[O-]. The number of hydrogen-bond donors (Lipinski definition) is 0. The Balaban J connectivity index is 3.27. The van der Waals surface area contributed by atoms with E-state index in [0.717, 1.165) is 0 Å². The third-order valence-corrected chi connectivity index (χ3v) is 2.66. The molecule has 4 nitrogen and oxygen atoms in total. The molecule has 1 aliphatic carbocycles. The average molecular weight is 196 g/mol. The summed E-state index contributed by atoms with van der Waals surface area (Å²) >= 11 is 0. The van der Waals surface area contributed by atoms with Crippen molar-refractivity contribution in [3.8, 4) is 0 Å². The van der Waals surface area contributed by atoms with Crippen LogP contribution in [0.2, 0.25) is 0 Å². The molecule has 0 heterocycles. The molecular formula is C10H12O4-2. The van der Waals surface area contributed by atoms with E-state index in [1.165, 1.54) is 0 Å². The van der Waals surface area contributed by atoms with Crippen molar-refractivity contribution in [3.63, 3.8) is 0 Å². The van der Waals surface area contributed by atoms with Gasteiger partial charge in [0.25, 0.3) is 0 Å². The van der Waals surface area contributed by atoms with Crippen molar-refractivity contribution in [2.45, 2.75) is 33.1 Å². The van der Waals surface area contributed by atoms with Gasteiger partial charge in [-0.05, 0) is 35.8 Å². The Bertz CT molecular complexity index is 312. The van der Waals surface area contributed by atoms with E-state index < -0.39 is 17.4 Å². The standard InChI is InChI=1S/C10H14O4/c1-10(2)5-3-4-6(8(11)12)7(10)9(13)14/h3-5H2,1-2H3,(H,11,12)(H,13,14)/p-2. The minimum atomic E-state index is -1.39. The molecule has 0 aromatic rings. The predicted octanol–water partition coefficient (Wildman–Crippen LogP) is -1.01. The van der Waals surface area contributed by atoms with Gasteiger partial charge in [0.15, 0.2) is 0 Å². The molecule has 0 fully saturated rings. The third kappa shape index (κ3) is 1.78. The van der Waals surface area contributed by atoms with Gasteiger partial charge in [-0.3, -0.25) is 0 Å². The molecule has 0 spiro atoms. The first-order chi connectivity index (χ1) is 6.36. The molecular weight excluding hydrogens is 184 g/mol. The average Bonchev–Trinajstić information content (AvgIpc) is 2.00. The molecule has 1 aliphatic rings. The second-order valence-electron chi connectivity index (χ2n) is 4.17. The highest BCUT2D eigenvalue weighted by Gasteiger charge is 2.30. The second kappa shape index (κ2) is 3.44. The first kappa shape index (κ1) is 10.8. The zero-order chi connectivity index (χ0) is 10.9. The highest BCUT2D eigenvalue weighted by molar-refractivity contribution is 5.98. The van der Waals surface area contributed by atoms with Crippen molar-refractivity contribution in [2.24, 2.45) is 5.41 Å². The minimum Gasteiger partial charge on any atom is -0.545 e. The van der Waals surface area contributed by atoms with Crippen molar-refractivity contribution in [1.29, 1.82) is 0 Å². The summed E-state index contributed by atoms with van der Waals surface area (Å²) < 4.78 is 0. The molecule has 14 heavy (non-hydrogen) atoms. The van der Waals surface area contributed by atoms with Crippen LogP contribution in [-0.4, -0.2) is 11.9 Å². The number of hydrogen-bond acceptors (Lipinski definition) is 4. The summed E-state index contributed by atoms with van der Waals surface area (Å²) in [6, 6.07) is 0. The summed E-state index contributed by atoms with van der Waals surface area (Å²) in [5.74, 6) is -2.79. The lowest BCUT2D eigenvalue weighted by Gasteiger charge is -2.36. The molecule has 0 saturated carbocycles. The van der Waals surface area contributed by atoms with Crippen LogP contribution < -0.4 is 10.2 Å². The van der Waals surface area contributed by atoms with Gasteiger partial charge in [-0.2, -0.15) is 0 Å². The normalized spacial score (nSPS) is 20.7. The van der Waals surface area contributed by atoms with Crippen molar-refractivity contribution in [1.82, 2.24) is 0 Å². The molecule has 4 heteroatoms. The lowest BCUT2D eigenvalue weighted by Crippen LogP contribution is -2.39. The van der Waals surface area contributed by atoms with Crippen LogP contribution in [0.15, 0.2) is 11.1 Å². The molecule has 78 valence electrons. The Hall–Kier alpha value is -1.32. The summed E-state index contributed by atoms with van der Waals surface area (Å²) in [6.07, 6.45) is 1.59. The highest BCUT2D eigenvalue weighted by Crippen LogP contribution is 2.39. The third-order valence-electron chi connectivity index (χ3n) is 2.66. The van der Waals surface area contributed by atoms with Crippen LogP contribution in [0.3, 0.4) is 0 Å². The van der Waals surface area contributed by atoms with Crippen LogP contribution in [0.5, 0.6) is 0 Å². The van der Waals surface area contributed by atoms with E-state index in [-0.39, 0.29) is 17.6 Å². The molecule has 0 saturated heterocycles. The second-order valence-corrected chi connectivity index (χ2v) is 4.17. The number of carbonyl (C=O) groups excluding carboxylic acids is 2. The van der Waals surface area contributed by atoms with Gasteiger partial charge in [0, 0.05) is 0 Å². The van der Waals surface area contributed by atoms with Crippen molar-refractivity contribution >= 4 is 11.9 Å². The van der Waals surface area contributed by atoms with Gasteiger partial charge in [-0.15, -0.1) is 0 Å². The fourth-order valence-corrected chi connectivity index (χ4v) is 1.97. The first-order valence-corrected chi connectivity index (χ1v) is 4.52. The molecule has 0 unspecified atom stereocenters. The lowest BCUT2D eigenvalue weighted by molar-refractivity contribution is -0.305. The minimum absolute atomic E-state index is 0.108. The maximum atomic E-state index is 10.8. The van der Waals surface area contributed by atoms with Crippen LogP contribution in [-0.2, 0) is 9.59 Å². The maximum Gasteiger partial charge on any atom is 0.0683 e. The number of carbonyl (C=O) groups is 2. The summed E-state index contributed by atoms with van der Waals surface area (Å²) in [6.45, 7) is 3.42. The lowest BCUT2D eigenvalue weighted by atomic mass is 9.72. The maximum absolute atomic E-state index is 10.8. The van der Waals surface area contributed by atoms with Crippen LogP contribution in [0.4, 0.5) is 0 Å². The molecule has 0 radical (unpaired) electrons. The van der Waals surface area contributed by atoms with Crippen LogP contribution in [0.1, 0.15) is 33.1 Å². The zero-order valence-corrected chi connectivity index (χ0v) is 8.25. The highest BCUT2D eigenvalue weighted by atomic mass is 16.4. The monoisotopic (exact) mass is 196 g/mol. The number of rotatable bonds is 2. The molecule has 0 aromatic carbocycles. The summed E-state index contributed by atoms with van der Waals surface area (Å²) in [5.41, 5.74) is -0.850. The van der Waals surface area contributed by atoms with Gasteiger partial charge in [0.2, 0.25) is 0 Å². The van der Waals surface area contributed by atoms with E-state index >= 15 is 0 Å². The van der Waals surface area contributed by atoms with Gasteiger partial charge in [-0.25, -0.2) is 0 Å². The van der Waals surface area contributed by atoms with Gasteiger partial charge in [0.05, 0.1) is 11.9 Å². The van der Waals surface area contributed by atoms with Gasteiger partial charge in [-0.1, -0.05) is 13.8 Å². The van der Waals surface area contributed by atoms with Gasteiger partial charge in [0.1, 0.15) is 0 Å². The Morgan fingerprint density at radius 2 is 1.79 bits per heavy atom. The Morgan fingerprint density at radius 3 is 2.14 bits per heavy atom. The van der Waals surface area contributed by atoms with E-state index in [4.69, 9.17) is 0 Å². The van der Waals surface area contributed by atoms with Crippen molar-refractivity contribution in [3.05, 3.63) is 11.1 Å². The van der Waals surface area contributed by atoms with Crippen LogP contribution >= 0.6 is 0 Å². The van der Waals surface area contributed by atoms with E-state index in [9.17, 15) is 19.8 Å². The Labute approximate surface area is 82.2 Å². The number of carboxylic acids is 2. The molecule has 0 atom stereocenters. The fraction of sp³-hybridized carbons (Fsp3) is 0.600. The molecule has 0 aliphatic heterocycles. The quantitative estimate of drug-likeness (QED) is 0.567. The Kier molecular flexibility index (Phi) is 2.64. The van der Waals surface area contributed by atoms with Crippen LogP contribution in [0, 0.1) is 5.41 Å². The summed E-state index contributed by atoms with van der Waals surface area (Å²) in [4.78, 5) is 21.5. The zero-order valence-electron chi connectivity index (χ0n) is 8.25. The topological polar surface area (TPSA) is 80.3 Å². The molecule has 0 amide bonds. The van der Waals surface area contributed by atoms with E-state index in [1.807, 2.05) is 0 Å². The summed E-state index contributed by atoms with van der Waals surface area (Å²) in [7, 11) is 0. The largest absolute Gasteiger partial charge is 0.545 e. The Morgan fingerprint density at radius 1 is 1.21 bits per heavy atom. The van der Waals surface area contributed by atoms with Gasteiger partial charge < -0.3 is 19.8 Å². The van der Waals surface area contributed by atoms with Crippen LogP contribution in [0.25, 0.3) is 0 Å². The van der Waals surface area contributed by atoms with Gasteiger partial charge >= 0.3 is 0 Å². The molecule has 1 rings (SSSR count). The van der Waals surface area contributed by atoms with Crippen molar-refractivity contribution < 1.29 is 19.8 Å². The molecule has 0 aromatic heterocycles. The van der Waals surface area contributed by atoms with Crippen molar-refractivity contribution in [2.75, 3.05) is 0 Å². The smallest absolute Gasteiger partial charge is 0.0683 e. The predicted molar refractivity (Wildman–Crippen MR) is 44.7 cm³/mol. The first-order valence-electron chi connectivity index (χ1n) is 4.52. The number of carboxylic acid groups (broad SMARTS) is 2.